The van der Waals surface area contributed by atoms with E-state index in [4.69, 9.17) is 11.6 Å². The SMILES string of the molecule is Clc1cnc(N2CCC([C@H]3C[C@H]3CCNc3ccc(-c4ccn[nH]4)cc3)CC2)nc1. The van der Waals surface area contributed by atoms with E-state index in [0.29, 0.717) is 5.02 Å². The standard InChI is InChI=1S/C23H27ClN6/c24-19-14-26-23(27-15-19)30-11-7-16(8-12-30)21-13-18(21)5-9-25-20-3-1-17(2-4-20)22-6-10-28-29-22/h1-4,6,10,14-16,18,21,25H,5,7-9,11-13H2,(H,28,29)/t18-,21-/m1/s1. The zero-order valence-corrected chi connectivity index (χ0v) is 17.7. The molecule has 0 unspecified atom stereocenters. The van der Waals surface area contributed by atoms with Crippen LogP contribution in [0.1, 0.15) is 25.7 Å². The Morgan fingerprint density at radius 1 is 1.07 bits per heavy atom. The van der Waals surface area contributed by atoms with Gasteiger partial charge in [0.05, 0.1) is 23.1 Å². The molecular weight excluding hydrogens is 396 g/mol. The van der Waals surface area contributed by atoms with Crippen molar-refractivity contribution in [3.8, 4) is 11.3 Å². The Morgan fingerprint density at radius 2 is 1.83 bits per heavy atom. The van der Waals surface area contributed by atoms with Gasteiger partial charge in [0.15, 0.2) is 0 Å². The van der Waals surface area contributed by atoms with Crippen molar-refractivity contribution < 1.29 is 0 Å². The van der Waals surface area contributed by atoms with Crippen LogP contribution in [0.5, 0.6) is 0 Å². The molecule has 1 aliphatic carbocycles. The Labute approximate surface area is 182 Å². The average Bonchev–Trinajstić information content (AvgIpc) is 3.34. The third-order valence-corrected chi connectivity index (χ3v) is 6.75. The van der Waals surface area contributed by atoms with Crippen molar-refractivity contribution in [1.29, 1.82) is 0 Å². The van der Waals surface area contributed by atoms with Gasteiger partial charge in [0.1, 0.15) is 0 Å². The molecule has 0 bridgehead atoms. The third kappa shape index (κ3) is 4.43. The first kappa shape index (κ1) is 19.4. The van der Waals surface area contributed by atoms with Gasteiger partial charge in [-0.2, -0.15) is 5.10 Å². The Balaban J connectivity index is 1.03. The van der Waals surface area contributed by atoms with Crippen molar-refractivity contribution in [3.63, 3.8) is 0 Å². The van der Waals surface area contributed by atoms with Crippen LogP contribution in [0.3, 0.4) is 0 Å². The number of aromatic amines is 1. The van der Waals surface area contributed by atoms with E-state index in [1.165, 1.54) is 31.4 Å². The predicted octanol–water partition coefficient (Wildman–Crippen LogP) is 4.87. The monoisotopic (exact) mass is 422 g/mol. The fraction of sp³-hybridized carbons (Fsp3) is 0.435. The summed E-state index contributed by atoms with van der Waals surface area (Å²) in [6.45, 7) is 3.15. The molecular formula is C23H27ClN6. The Hall–Kier alpha value is -2.60. The van der Waals surface area contributed by atoms with Gasteiger partial charge in [0.25, 0.3) is 0 Å². The molecule has 7 heteroatoms. The van der Waals surface area contributed by atoms with Gasteiger partial charge in [-0.25, -0.2) is 9.97 Å². The van der Waals surface area contributed by atoms with Crippen LogP contribution >= 0.6 is 11.6 Å². The summed E-state index contributed by atoms with van der Waals surface area (Å²) in [5.74, 6) is 3.45. The third-order valence-electron chi connectivity index (χ3n) is 6.55. The Kier molecular flexibility index (Phi) is 5.58. The maximum absolute atomic E-state index is 5.90. The van der Waals surface area contributed by atoms with E-state index in [2.05, 4.69) is 54.6 Å². The van der Waals surface area contributed by atoms with E-state index in [1.807, 2.05) is 6.07 Å². The lowest BCUT2D eigenvalue weighted by molar-refractivity contribution is 0.343. The number of rotatable bonds is 7. The highest BCUT2D eigenvalue weighted by atomic mass is 35.5. The second-order valence-electron chi connectivity index (χ2n) is 8.45. The van der Waals surface area contributed by atoms with Crippen LogP contribution in [-0.4, -0.2) is 39.8 Å². The van der Waals surface area contributed by atoms with Crippen molar-refractivity contribution in [3.05, 3.63) is 53.9 Å². The van der Waals surface area contributed by atoms with Crippen molar-refractivity contribution in [2.24, 2.45) is 17.8 Å². The number of hydrogen-bond acceptors (Lipinski definition) is 5. The smallest absolute Gasteiger partial charge is 0.225 e. The summed E-state index contributed by atoms with van der Waals surface area (Å²) < 4.78 is 0. The number of piperidine rings is 1. The Bertz CT molecular complexity index is 933. The van der Waals surface area contributed by atoms with Gasteiger partial charge in [-0.15, -0.1) is 0 Å². The molecule has 0 spiro atoms. The molecule has 0 amide bonds. The minimum Gasteiger partial charge on any atom is -0.385 e. The van der Waals surface area contributed by atoms with Crippen LogP contribution in [0, 0.1) is 17.8 Å². The summed E-state index contributed by atoms with van der Waals surface area (Å²) in [5.41, 5.74) is 3.40. The van der Waals surface area contributed by atoms with E-state index in [9.17, 15) is 0 Å². The molecule has 2 aromatic heterocycles. The molecule has 1 saturated heterocycles. The summed E-state index contributed by atoms with van der Waals surface area (Å²) in [6.07, 6.45) is 10.3. The molecule has 3 heterocycles. The van der Waals surface area contributed by atoms with E-state index in [-0.39, 0.29) is 0 Å². The molecule has 6 nitrogen and oxygen atoms in total. The molecule has 0 radical (unpaired) electrons. The van der Waals surface area contributed by atoms with Gasteiger partial charge in [-0.3, -0.25) is 5.10 Å². The number of nitrogens with one attached hydrogen (secondary N) is 2. The van der Waals surface area contributed by atoms with E-state index < -0.39 is 0 Å². The molecule has 5 rings (SSSR count). The second-order valence-corrected chi connectivity index (χ2v) is 8.88. The molecule has 3 aromatic rings. The van der Waals surface area contributed by atoms with E-state index >= 15 is 0 Å². The van der Waals surface area contributed by atoms with Gasteiger partial charge in [0, 0.05) is 31.5 Å². The van der Waals surface area contributed by atoms with Gasteiger partial charge in [0.2, 0.25) is 5.95 Å². The van der Waals surface area contributed by atoms with Crippen LogP contribution in [0.15, 0.2) is 48.9 Å². The first-order valence-corrected chi connectivity index (χ1v) is 11.2. The Morgan fingerprint density at radius 3 is 2.53 bits per heavy atom. The molecule has 1 saturated carbocycles. The van der Waals surface area contributed by atoms with Crippen LogP contribution in [0.2, 0.25) is 5.02 Å². The molecule has 1 aliphatic heterocycles. The number of anilines is 2. The molecule has 1 aromatic carbocycles. The number of halogens is 1. The number of hydrogen-bond donors (Lipinski definition) is 2. The maximum atomic E-state index is 5.90. The summed E-state index contributed by atoms with van der Waals surface area (Å²) >= 11 is 5.90. The van der Waals surface area contributed by atoms with Gasteiger partial charge >= 0.3 is 0 Å². The van der Waals surface area contributed by atoms with Gasteiger partial charge in [-0.1, -0.05) is 23.7 Å². The molecule has 30 heavy (non-hydrogen) atoms. The summed E-state index contributed by atoms with van der Waals surface area (Å²) in [5, 5.41) is 11.2. The van der Waals surface area contributed by atoms with Crippen LogP contribution in [-0.2, 0) is 0 Å². The van der Waals surface area contributed by atoms with E-state index in [0.717, 1.165) is 54.6 Å². The fourth-order valence-electron chi connectivity index (χ4n) is 4.76. The molecule has 2 N–H and O–H groups in total. The lowest BCUT2D eigenvalue weighted by atomic mass is 9.90. The lowest BCUT2D eigenvalue weighted by Gasteiger charge is -2.32. The van der Waals surface area contributed by atoms with Gasteiger partial charge < -0.3 is 10.2 Å². The minimum atomic E-state index is 0.594. The summed E-state index contributed by atoms with van der Waals surface area (Å²) in [7, 11) is 0. The van der Waals surface area contributed by atoms with E-state index in [1.54, 1.807) is 18.6 Å². The number of nitrogens with zero attached hydrogens (tertiary/aromatic N) is 4. The van der Waals surface area contributed by atoms with Crippen LogP contribution in [0.4, 0.5) is 11.6 Å². The van der Waals surface area contributed by atoms with Crippen molar-refractivity contribution in [1.82, 2.24) is 20.2 Å². The largest absolute Gasteiger partial charge is 0.385 e. The van der Waals surface area contributed by atoms with Crippen LogP contribution < -0.4 is 10.2 Å². The first-order chi connectivity index (χ1) is 14.8. The average molecular weight is 423 g/mol. The zero-order valence-electron chi connectivity index (χ0n) is 17.0. The quantitative estimate of drug-likeness (QED) is 0.568. The highest BCUT2D eigenvalue weighted by Crippen LogP contribution is 2.49. The van der Waals surface area contributed by atoms with Crippen molar-refractivity contribution in [2.45, 2.75) is 25.7 Å². The second kappa shape index (κ2) is 8.64. The highest BCUT2D eigenvalue weighted by molar-refractivity contribution is 6.30. The van der Waals surface area contributed by atoms with Crippen molar-refractivity contribution in [2.75, 3.05) is 29.9 Å². The highest BCUT2D eigenvalue weighted by Gasteiger charge is 2.43. The molecule has 2 atom stereocenters. The van der Waals surface area contributed by atoms with Crippen LogP contribution in [0.25, 0.3) is 11.3 Å². The number of H-pyrrole nitrogens is 1. The maximum Gasteiger partial charge on any atom is 0.225 e. The fourth-order valence-corrected chi connectivity index (χ4v) is 4.86. The summed E-state index contributed by atoms with van der Waals surface area (Å²) in [4.78, 5) is 11.0. The zero-order chi connectivity index (χ0) is 20.3. The molecule has 2 fully saturated rings. The lowest BCUT2D eigenvalue weighted by Crippen LogP contribution is -2.35. The topological polar surface area (TPSA) is 69.7 Å². The van der Waals surface area contributed by atoms with Crippen molar-refractivity contribution >= 4 is 23.2 Å². The number of aromatic nitrogens is 4. The normalized spacial score (nSPS) is 21.6. The number of benzene rings is 1. The minimum absolute atomic E-state index is 0.594. The molecule has 2 aliphatic rings. The predicted molar refractivity (Wildman–Crippen MR) is 121 cm³/mol. The molecule has 156 valence electrons. The first-order valence-electron chi connectivity index (χ1n) is 10.8. The van der Waals surface area contributed by atoms with Gasteiger partial charge in [-0.05, 0) is 67.2 Å². The summed E-state index contributed by atoms with van der Waals surface area (Å²) in [6, 6.07) is 10.6.